The number of aryl methyl sites for hydroxylation is 1. The second-order valence-electron chi connectivity index (χ2n) is 5.01. The molecule has 0 aliphatic carbocycles. The van der Waals surface area contributed by atoms with Crippen molar-refractivity contribution in [3.05, 3.63) is 35.4 Å². The molecular weight excluding hydrogens is 240 g/mol. The minimum absolute atomic E-state index is 0.0453. The van der Waals surface area contributed by atoms with Crippen LogP contribution in [0.15, 0.2) is 24.3 Å². The maximum Gasteiger partial charge on any atom is 0.224 e. The van der Waals surface area contributed by atoms with Crippen LogP contribution in [0.4, 0.5) is 0 Å². The van der Waals surface area contributed by atoms with Gasteiger partial charge in [0.15, 0.2) is 0 Å². The Kier molecular flexibility index (Phi) is 4.55. The van der Waals surface area contributed by atoms with Crippen molar-refractivity contribution in [1.29, 1.82) is 0 Å². The van der Waals surface area contributed by atoms with E-state index >= 15 is 0 Å². The fourth-order valence-electron chi connectivity index (χ4n) is 2.31. The molecular formula is C15H20N2O2. The summed E-state index contributed by atoms with van der Waals surface area (Å²) in [6.45, 7) is 3.19. The normalized spacial score (nSPS) is 18.8. The Morgan fingerprint density at radius 1 is 1.42 bits per heavy atom. The minimum atomic E-state index is -0.0745. The van der Waals surface area contributed by atoms with Gasteiger partial charge in [0.05, 0.1) is 5.92 Å². The van der Waals surface area contributed by atoms with Gasteiger partial charge in [-0.15, -0.1) is 0 Å². The van der Waals surface area contributed by atoms with E-state index in [1.807, 2.05) is 12.1 Å². The van der Waals surface area contributed by atoms with Gasteiger partial charge in [0.25, 0.3) is 0 Å². The molecule has 19 heavy (non-hydrogen) atoms. The van der Waals surface area contributed by atoms with Crippen LogP contribution >= 0.6 is 0 Å². The molecule has 0 spiro atoms. The highest BCUT2D eigenvalue weighted by Crippen LogP contribution is 2.11. The number of carbonyl (C=O) groups is 2. The van der Waals surface area contributed by atoms with Crippen LogP contribution in [-0.4, -0.2) is 24.9 Å². The van der Waals surface area contributed by atoms with Gasteiger partial charge in [0.2, 0.25) is 11.8 Å². The second kappa shape index (κ2) is 6.36. The lowest BCUT2D eigenvalue weighted by Gasteiger charge is -2.21. The minimum Gasteiger partial charge on any atom is -0.355 e. The molecule has 4 heteroatoms. The summed E-state index contributed by atoms with van der Waals surface area (Å²) in [5.74, 6) is 0.0205. The van der Waals surface area contributed by atoms with Crippen LogP contribution in [0.3, 0.4) is 0 Å². The molecule has 0 bridgehead atoms. The number of piperidine rings is 1. The van der Waals surface area contributed by atoms with Crippen molar-refractivity contribution in [2.75, 3.05) is 13.1 Å². The van der Waals surface area contributed by atoms with Crippen molar-refractivity contribution in [3.8, 4) is 0 Å². The molecule has 2 amide bonds. The Labute approximate surface area is 113 Å². The number of carbonyl (C=O) groups excluding carboxylic acids is 2. The average molecular weight is 260 g/mol. The van der Waals surface area contributed by atoms with E-state index in [-0.39, 0.29) is 17.7 Å². The predicted molar refractivity (Wildman–Crippen MR) is 73.6 cm³/mol. The van der Waals surface area contributed by atoms with Crippen LogP contribution in [-0.2, 0) is 16.0 Å². The largest absolute Gasteiger partial charge is 0.355 e. The fourth-order valence-corrected chi connectivity index (χ4v) is 2.31. The van der Waals surface area contributed by atoms with Gasteiger partial charge in [-0.25, -0.2) is 0 Å². The molecule has 1 aromatic rings. The number of hydrogen-bond donors (Lipinski definition) is 2. The van der Waals surface area contributed by atoms with Crippen molar-refractivity contribution in [2.24, 2.45) is 5.92 Å². The quantitative estimate of drug-likeness (QED) is 0.854. The highest BCUT2D eigenvalue weighted by Gasteiger charge is 2.23. The van der Waals surface area contributed by atoms with Crippen molar-refractivity contribution >= 4 is 11.8 Å². The SMILES string of the molecule is Cc1ccccc1CCNC(=O)C1CCC(=O)NC1. The molecule has 1 saturated heterocycles. The van der Waals surface area contributed by atoms with Gasteiger partial charge in [-0.3, -0.25) is 9.59 Å². The summed E-state index contributed by atoms with van der Waals surface area (Å²) in [5, 5.41) is 5.68. The standard InChI is InChI=1S/C15H20N2O2/c1-11-4-2-3-5-12(11)8-9-16-15(19)13-6-7-14(18)17-10-13/h2-5,13H,6-10H2,1H3,(H,16,19)(H,17,18). The lowest BCUT2D eigenvalue weighted by Crippen LogP contribution is -2.43. The number of rotatable bonds is 4. The molecule has 1 atom stereocenters. The molecule has 1 heterocycles. The van der Waals surface area contributed by atoms with Gasteiger partial charge in [0.1, 0.15) is 0 Å². The third-order valence-corrected chi connectivity index (χ3v) is 3.59. The van der Waals surface area contributed by atoms with E-state index in [4.69, 9.17) is 0 Å². The van der Waals surface area contributed by atoms with Gasteiger partial charge in [-0.2, -0.15) is 0 Å². The molecule has 1 aliphatic heterocycles. The molecule has 1 aliphatic rings. The lowest BCUT2D eigenvalue weighted by atomic mass is 9.98. The van der Waals surface area contributed by atoms with E-state index in [1.165, 1.54) is 11.1 Å². The highest BCUT2D eigenvalue weighted by molar-refractivity contribution is 5.83. The molecule has 2 N–H and O–H groups in total. The topological polar surface area (TPSA) is 58.2 Å². The molecule has 0 radical (unpaired) electrons. The van der Waals surface area contributed by atoms with E-state index < -0.39 is 0 Å². The molecule has 1 aromatic carbocycles. The first-order valence-corrected chi connectivity index (χ1v) is 6.75. The van der Waals surface area contributed by atoms with Crippen molar-refractivity contribution in [1.82, 2.24) is 10.6 Å². The van der Waals surface area contributed by atoms with Crippen LogP contribution in [0, 0.1) is 12.8 Å². The number of nitrogens with one attached hydrogen (secondary N) is 2. The summed E-state index contributed by atoms with van der Waals surface area (Å²) >= 11 is 0. The summed E-state index contributed by atoms with van der Waals surface area (Å²) < 4.78 is 0. The first-order chi connectivity index (χ1) is 9.16. The van der Waals surface area contributed by atoms with E-state index in [2.05, 4.69) is 29.7 Å². The number of benzene rings is 1. The molecule has 102 valence electrons. The zero-order valence-electron chi connectivity index (χ0n) is 11.2. The summed E-state index contributed by atoms with van der Waals surface area (Å²) in [7, 11) is 0. The monoisotopic (exact) mass is 260 g/mol. The summed E-state index contributed by atoms with van der Waals surface area (Å²) in [4.78, 5) is 22.9. The third kappa shape index (κ3) is 3.81. The highest BCUT2D eigenvalue weighted by atomic mass is 16.2. The average Bonchev–Trinajstić information content (AvgIpc) is 2.41. The molecule has 1 unspecified atom stereocenters. The fraction of sp³-hybridized carbons (Fsp3) is 0.467. The van der Waals surface area contributed by atoms with Gasteiger partial charge in [-0.1, -0.05) is 24.3 Å². The van der Waals surface area contributed by atoms with Crippen LogP contribution in [0.2, 0.25) is 0 Å². The lowest BCUT2D eigenvalue weighted by molar-refractivity contribution is -0.128. The molecule has 1 fully saturated rings. The number of hydrogen-bond acceptors (Lipinski definition) is 2. The van der Waals surface area contributed by atoms with Crippen molar-refractivity contribution in [3.63, 3.8) is 0 Å². The van der Waals surface area contributed by atoms with Crippen LogP contribution in [0.5, 0.6) is 0 Å². The Morgan fingerprint density at radius 3 is 2.89 bits per heavy atom. The molecule has 4 nitrogen and oxygen atoms in total. The smallest absolute Gasteiger partial charge is 0.224 e. The second-order valence-corrected chi connectivity index (χ2v) is 5.01. The van der Waals surface area contributed by atoms with Gasteiger partial charge in [0, 0.05) is 19.5 Å². The van der Waals surface area contributed by atoms with Crippen molar-refractivity contribution in [2.45, 2.75) is 26.2 Å². The summed E-state index contributed by atoms with van der Waals surface area (Å²) in [5.41, 5.74) is 2.52. The molecule has 2 rings (SSSR count). The zero-order chi connectivity index (χ0) is 13.7. The first kappa shape index (κ1) is 13.6. The Bertz CT molecular complexity index is 461. The Morgan fingerprint density at radius 2 is 2.21 bits per heavy atom. The van der Waals surface area contributed by atoms with Gasteiger partial charge >= 0.3 is 0 Å². The third-order valence-electron chi connectivity index (χ3n) is 3.59. The van der Waals surface area contributed by atoms with Crippen LogP contribution < -0.4 is 10.6 Å². The van der Waals surface area contributed by atoms with Crippen LogP contribution in [0.25, 0.3) is 0 Å². The van der Waals surface area contributed by atoms with E-state index in [1.54, 1.807) is 0 Å². The van der Waals surface area contributed by atoms with Crippen molar-refractivity contribution < 1.29 is 9.59 Å². The van der Waals surface area contributed by atoms with Crippen LogP contribution in [0.1, 0.15) is 24.0 Å². The summed E-state index contributed by atoms with van der Waals surface area (Å²) in [6.07, 6.45) is 1.95. The Hall–Kier alpha value is -1.84. The molecule has 0 aromatic heterocycles. The van der Waals surface area contributed by atoms with E-state index in [9.17, 15) is 9.59 Å². The van der Waals surface area contributed by atoms with E-state index in [0.29, 0.717) is 25.9 Å². The zero-order valence-corrected chi connectivity index (χ0v) is 11.2. The molecule has 0 saturated carbocycles. The summed E-state index contributed by atoms with van der Waals surface area (Å²) in [6, 6.07) is 8.19. The van der Waals surface area contributed by atoms with Gasteiger partial charge < -0.3 is 10.6 Å². The first-order valence-electron chi connectivity index (χ1n) is 6.75. The van der Waals surface area contributed by atoms with E-state index in [0.717, 1.165) is 6.42 Å². The van der Waals surface area contributed by atoms with Gasteiger partial charge in [-0.05, 0) is 30.9 Å². The maximum atomic E-state index is 11.9. The number of amides is 2. The maximum absolute atomic E-state index is 11.9. The Balaban J connectivity index is 1.75. The predicted octanol–water partition coefficient (Wildman–Crippen LogP) is 1.18.